The number of rotatable bonds is 8. The molecule has 1 atom stereocenters. The zero-order valence-corrected chi connectivity index (χ0v) is 11.2. The smallest absolute Gasteiger partial charge is 0.303 e. The van der Waals surface area contributed by atoms with Gasteiger partial charge in [0.05, 0.1) is 12.5 Å². The van der Waals surface area contributed by atoms with E-state index in [1.54, 1.807) is 7.11 Å². The summed E-state index contributed by atoms with van der Waals surface area (Å²) in [4.78, 5) is 22.4. The van der Waals surface area contributed by atoms with Gasteiger partial charge in [-0.25, -0.2) is 0 Å². The topological polar surface area (TPSA) is 75.6 Å². The minimum atomic E-state index is -0.781. The lowest BCUT2D eigenvalue weighted by Gasteiger charge is -2.40. The third kappa shape index (κ3) is 4.64. The fourth-order valence-corrected chi connectivity index (χ4v) is 2.24. The van der Waals surface area contributed by atoms with Crippen molar-refractivity contribution in [2.45, 2.75) is 51.6 Å². The van der Waals surface area contributed by atoms with Gasteiger partial charge in [0.25, 0.3) is 0 Å². The Morgan fingerprint density at radius 2 is 2.11 bits per heavy atom. The minimum Gasteiger partial charge on any atom is -0.481 e. The third-order valence-electron chi connectivity index (χ3n) is 3.78. The minimum absolute atomic E-state index is 0.0180. The number of hydrogen-bond acceptors (Lipinski definition) is 3. The van der Waals surface area contributed by atoms with Gasteiger partial charge in [-0.1, -0.05) is 6.42 Å². The molecule has 1 rings (SSSR count). The summed E-state index contributed by atoms with van der Waals surface area (Å²) in [6, 6.07) is 0. The maximum absolute atomic E-state index is 11.6. The number of hydrogen-bond donors (Lipinski definition) is 2. The summed E-state index contributed by atoms with van der Waals surface area (Å²) in [7, 11) is 1.62. The van der Waals surface area contributed by atoms with Crippen LogP contribution in [-0.2, 0) is 14.3 Å². The number of carboxylic acids is 1. The normalized spacial score (nSPS) is 18.8. The van der Waals surface area contributed by atoms with Crippen molar-refractivity contribution in [1.29, 1.82) is 0 Å². The van der Waals surface area contributed by atoms with Crippen molar-refractivity contribution in [3.05, 3.63) is 0 Å². The van der Waals surface area contributed by atoms with Crippen LogP contribution in [0.3, 0.4) is 0 Å². The van der Waals surface area contributed by atoms with E-state index >= 15 is 0 Å². The lowest BCUT2D eigenvalue weighted by molar-refractivity contribution is -0.141. The van der Waals surface area contributed by atoms with Crippen LogP contribution in [0.15, 0.2) is 0 Å². The van der Waals surface area contributed by atoms with Crippen molar-refractivity contribution in [1.82, 2.24) is 5.32 Å². The molecule has 0 saturated heterocycles. The molecule has 1 aliphatic rings. The van der Waals surface area contributed by atoms with Crippen LogP contribution < -0.4 is 5.32 Å². The Hall–Kier alpha value is -1.10. The fourth-order valence-electron chi connectivity index (χ4n) is 2.24. The van der Waals surface area contributed by atoms with Crippen LogP contribution in [0.2, 0.25) is 0 Å². The molecule has 0 aromatic heterocycles. The van der Waals surface area contributed by atoms with Crippen LogP contribution in [0.1, 0.15) is 45.4 Å². The maximum Gasteiger partial charge on any atom is 0.303 e. The number of carbonyl (C=O) groups excluding carboxylic acids is 1. The molecule has 1 saturated carbocycles. The predicted octanol–water partition coefficient (Wildman–Crippen LogP) is 1.56. The molecular weight excluding hydrogens is 234 g/mol. The van der Waals surface area contributed by atoms with E-state index < -0.39 is 5.97 Å². The molecule has 104 valence electrons. The standard InChI is InChI=1S/C13H23NO4/c1-10(18-2)4-5-11(15)14-9-13(6-3-7-13)8-12(16)17/h10H,3-9H2,1-2H3,(H,14,15)(H,16,17). The van der Waals surface area contributed by atoms with Crippen molar-refractivity contribution >= 4 is 11.9 Å². The number of carbonyl (C=O) groups is 2. The molecule has 1 amide bonds. The highest BCUT2D eigenvalue weighted by Gasteiger charge is 2.39. The third-order valence-corrected chi connectivity index (χ3v) is 3.78. The number of carboxylic acid groups (broad SMARTS) is 1. The summed E-state index contributed by atoms with van der Waals surface area (Å²) >= 11 is 0. The summed E-state index contributed by atoms with van der Waals surface area (Å²) in [5.41, 5.74) is -0.200. The molecule has 2 N–H and O–H groups in total. The average molecular weight is 257 g/mol. The summed E-state index contributed by atoms with van der Waals surface area (Å²) in [6.45, 7) is 2.41. The number of aliphatic carboxylic acids is 1. The summed E-state index contributed by atoms with van der Waals surface area (Å²) in [5.74, 6) is -0.799. The van der Waals surface area contributed by atoms with Gasteiger partial charge in [0.15, 0.2) is 0 Å². The van der Waals surface area contributed by atoms with Gasteiger partial charge < -0.3 is 15.2 Å². The Morgan fingerprint density at radius 1 is 1.44 bits per heavy atom. The van der Waals surface area contributed by atoms with E-state index in [0.717, 1.165) is 19.3 Å². The van der Waals surface area contributed by atoms with Crippen LogP contribution in [0.5, 0.6) is 0 Å². The largest absolute Gasteiger partial charge is 0.481 e. The molecule has 0 spiro atoms. The molecule has 0 aromatic rings. The highest BCUT2D eigenvalue weighted by Crippen LogP contribution is 2.43. The van der Waals surface area contributed by atoms with Crippen molar-refractivity contribution in [3.63, 3.8) is 0 Å². The second-order valence-corrected chi connectivity index (χ2v) is 5.29. The Bertz CT molecular complexity index is 299. The highest BCUT2D eigenvalue weighted by molar-refractivity contribution is 5.76. The van der Waals surface area contributed by atoms with Gasteiger partial charge in [0.1, 0.15) is 0 Å². The number of methoxy groups -OCH3 is 1. The molecule has 18 heavy (non-hydrogen) atoms. The molecule has 1 unspecified atom stereocenters. The van der Waals surface area contributed by atoms with Gasteiger partial charge in [-0.05, 0) is 31.6 Å². The molecule has 5 nitrogen and oxygen atoms in total. The SMILES string of the molecule is COC(C)CCC(=O)NCC1(CC(=O)O)CCC1. The van der Waals surface area contributed by atoms with Gasteiger partial charge in [-0.2, -0.15) is 0 Å². The molecule has 1 aliphatic carbocycles. The second kappa shape index (κ2) is 6.73. The second-order valence-electron chi connectivity index (χ2n) is 5.29. The average Bonchev–Trinajstić information content (AvgIpc) is 2.28. The van der Waals surface area contributed by atoms with Crippen molar-refractivity contribution in [2.24, 2.45) is 5.41 Å². The lowest BCUT2D eigenvalue weighted by Crippen LogP contribution is -2.43. The van der Waals surface area contributed by atoms with Gasteiger partial charge in [0.2, 0.25) is 5.91 Å². The summed E-state index contributed by atoms with van der Waals surface area (Å²) < 4.78 is 5.07. The van der Waals surface area contributed by atoms with E-state index in [9.17, 15) is 9.59 Å². The Kier molecular flexibility index (Phi) is 5.59. The van der Waals surface area contributed by atoms with Crippen LogP contribution >= 0.6 is 0 Å². The quantitative estimate of drug-likeness (QED) is 0.692. The van der Waals surface area contributed by atoms with Crippen LogP contribution in [0.25, 0.3) is 0 Å². The number of ether oxygens (including phenoxy) is 1. The molecule has 0 bridgehead atoms. The van der Waals surface area contributed by atoms with Crippen molar-refractivity contribution in [2.75, 3.05) is 13.7 Å². The van der Waals surface area contributed by atoms with Crippen LogP contribution in [0, 0.1) is 5.41 Å². The van der Waals surface area contributed by atoms with Gasteiger partial charge in [-0.3, -0.25) is 9.59 Å². The zero-order chi connectivity index (χ0) is 13.6. The monoisotopic (exact) mass is 257 g/mol. The molecule has 5 heteroatoms. The zero-order valence-electron chi connectivity index (χ0n) is 11.2. The molecular formula is C13H23NO4. The lowest BCUT2D eigenvalue weighted by atomic mass is 9.66. The number of nitrogens with one attached hydrogen (secondary N) is 1. The number of amides is 1. The Morgan fingerprint density at radius 3 is 2.56 bits per heavy atom. The molecule has 1 fully saturated rings. The summed E-state index contributed by atoms with van der Waals surface area (Å²) in [6.07, 6.45) is 4.20. The first-order chi connectivity index (χ1) is 8.47. The van der Waals surface area contributed by atoms with Crippen molar-refractivity contribution in [3.8, 4) is 0 Å². The predicted molar refractivity (Wildman–Crippen MR) is 67.3 cm³/mol. The first-order valence-corrected chi connectivity index (χ1v) is 6.49. The van der Waals surface area contributed by atoms with E-state index in [-0.39, 0.29) is 23.8 Å². The fraction of sp³-hybridized carbons (Fsp3) is 0.846. The molecule has 0 aromatic carbocycles. The van der Waals surface area contributed by atoms with Gasteiger partial charge in [-0.15, -0.1) is 0 Å². The molecule has 0 radical (unpaired) electrons. The summed E-state index contributed by atoms with van der Waals surface area (Å²) in [5, 5.41) is 11.7. The van der Waals surface area contributed by atoms with E-state index in [1.807, 2.05) is 6.92 Å². The molecule has 0 aliphatic heterocycles. The van der Waals surface area contributed by atoms with E-state index in [1.165, 1.54) is 0 Å². The van der Waals surface area contributed by atoms with E-state index in [2.05, 4.69) is 5.32 Å². The first-order valence-electron chi connectivity index (χ1n) is 6.49. The Labute approximate surface area is 108 Å². The maximum atomic E-state index is 11.6. The van der Waals surface area contributed by atoms with Crippen LogP contribution in [0.4, 0.5) is 0 Å². The van der Waals surface area contributed by atoms with Crippen molar-refractivity contribution < 1.29 is 19.4 Å². The van der Waals surface area contributed by atoms with E-state index in [4.69, 9.17) is 9.84 Å². The molecule has 0 heterocycles. The van der Waals surface area contributed by atoms with Gasteiger partial charge in [0, 0.05) is 20.1 Å². The Balaban J connectivity index is 2.26. The first kappa shape index (κ1) is 15.0. The highest BCUT2D eigenvalue weighted by atomic mass is 16.5. The van der Waals surface area contributed by atoms with Crippen LogP contribution in [-0.4, -0.2) is 36.7 Å². The van der Waals surface area contributed by atoms with E-state index in [0.29, 0.717) is 19.4 Å². The van der Waals surface area contributed by atoms with Gasteiger partial charge >= 0.3 is 5.97 Å².